The molecule has 4 heteroatoms. The largest absolute Gasteiger partial charge is 0.409 e. The number of hydrogen-bond donors (Lipinski definition) is 2. The van der Waals surface area contributed by atoms with E-state index in [1.54, 1.807) is 11.8 Å². The zero-order valence-corrected chi connectivity index (χ0v) is 6.48. The van der Waals surface area contributed by atoms with E-state index in [4.69, 9.17) is 10.9 Å². The van der Waals surface area contributed by atoms with Gasteiger partial charge in [0.1, 0.15) is 0 Å². The van der Waals surface area contributed by atoms with Gasteiger partial charge in [-0.2, -0.15) is 11.8 Å². The number of hydrogen-bond acceptors (Lipinski definition) is 3. The van der Waals surface area contributed by atoms with Crippen LogP contribution in [0, 0.1) is 0 Å². The van der Waals surface area contributed by atoms with Crippen molar-refractivity contribution >= 4 is 17.6 Å². The van der Waals surface area contributed by atoms with Crippen LogP contribution in [0.4, 0.5) is 0 Å². The SMILES string of the molecule is CCC(SC)C(N)=NO. The van der Waals surface area contributed by atoms with Gasteiger partial charge in [0.05, 0.1) is 5.25 Å². The minimum Gasteiger partial charge on any atom is -0.409 e. The summed E-state index contributed by atoms with van der Waals surface area (Å²) in [6, 6.07) is 0. The Labute approximate surface area is 59.3 Å². The van der Waals surface area contributed by atoms with E-state index >= 15 is 0 Å². The van der Waals surface area contributed by atoms with Gasteiger partial charge < -0.3 is 10.9 Å². The maximum Gasteiger partial charge on any atom is 0.152 e. The summed E-state index contributed by atoms with van der Waals surface area (Å²) in [5.41, 5.74) is 5.32. The van der Waals surface area contributed by atoms with Gasteiger partial charge in [0.2, 0.25) is 0 Å². The van der Waals surface area contributed by atoms with Gasteiger partial charge in [0, 0.05) is 0 Å². The van der Waals surface area contributed by atoms with E-state index in [1.165, 1.54) is 0 Å². The number of thioether (sulfide) groups is 1. The van der Waals surface area contributed by atoms with Crippen LogP contribution in [-0.4, -0.2) is 22.5 Å². The van der Waals surface area contributed by atoms with Gasteiger partial charge in [0.25, 0.3) is 0 Å². The fourth-order valence-corrected chi connectivity index (χ4v) is 1.18. The molecule has 0 aromatic carbocycles. The average Bonchev–Trinajstić information content (AvgIpc) is 1.90. The Morgan fingerprint density at radius 2 is 2.44 bits per heavy atom. The van der Waals surface area contributed by atoms with Crippen molar-refractivity contribution in [2.75, 3.05) is 6.26 Å². The van der Waals surface area contributed by atoms with Crippen molar-refractivity contribution in [2.24, 2.45) is 10.9 Å². The summed E-state index contributed by atoms with van der Waals surface area (Å²) < 4.78 is 0. The minimum atomic E-state index is 0.162. The quantitative estimate of drug-likeness (QED) is 0.270. The molecule has 54 valence electrons. The summed E-state index contributed by atoms with van der Waals surface area (Å²) in [5.74, 6) is 0.310. The first-order valence-electron chi connectivity index (χ1n) is 2.76. The van der Waals surface area contributed by atoms with Crippen molar-refractivity contribution in [3.8, 4) is 0 Å². The second-order valence-corrected chi connectivity index (χ2v) is 2.70. The summed E-state index contributed by atoms with van der Waals surface area (Å²) in [7, 11) is 0. The first kappa shape index (κ1) is 8.62. The smallest absolute Gasteiger partial charge is 0.152 e. The Bertz CT molecular complexity index is 101. The van der Waals surface area contributed by atoms with Gasteiger partial charge in [-0.25, -0.2) is 0 Å². The van der Waals surface area contributed by atoms with Gasteiger partial charge in [-0.05, 0) is 12.7 Å². The summed E-state index contributed by atoms with van der Waals surface area (Å²) in [6.07, 6.45) is 2.84. The minimum absolute atomic E-state index is 0.162. The van der Waals surface area contributed by atoms with Crippen LogP contribution in [0.1, 0.15) is 13.3 Å². The summed E-state index contributed by atoms with van der Waals surface area (Å²) >= 11 is 1.59. The third-order valence-corrected chi connectivity index (χ3v) is 2.24. The Kier molecular flexibility index (Phi) is 4.30. The lowest BCUT2D eigenvalue weighted by Crippen LogP contribution is -2.25. The molecule has 0 aliphatic rings. The van der Waals surface area contributed by atoms with E-state index < -0.39 is 0 Å². The first-order valence-corrected chi connectivity index (χ1v) is 4.05. The second-order valence-electron chi connectivity index (χ2n) is 1.66. The molecular weight excluding hydrogens is 136 g/mol. The van der Waals surface area contributed by atoms with Crippen LogP contribution in [0.5, 0.6) is 0 Å². The molecule has 0 aliphatic heterocycles. The van der Waals surface area contributed by atoms with Crippen LogP contribution < -0.4 is 5.73 Å². The first-order chi connectivity index (χ1) is 4.26. The maximum atomic E-state index is 8.22. The van der Waals surface area contributed by atoms with Gasteiger partial charge in [-0.3, -0.25) is 0 Å². The molecule has 1 atom stereocenters. The van der Waals surface area contributed by atoms with Gasteiger partial charge >= 0.3 is 0 Å². The van der Waals surface area contributed by atoms with Crippen molar-refractivity contribution < 1.29 is 5.21 Å². The molecular formula is C5H12N2OS. The molecule has 0 fully saturated rings. The van der Waals surface area contributed by atoms with Crippen LogP contribution in [0.25, 0.3) is 0 Å². The topological polar surface area (TPSA) is 58.6 Å². The number of rotatable bonds is 3. The fraction of sp³-hybridized carbons (Fsp3) is 0.800. The average molecular weight is 148 g/mol. The van der Waals surface area contributed by atoms with E-state index in [2.05, 4.69) is 5.16 Å². The van der Waals surface area contributed by atoms with Crippen molar-refractivity contribution in [3.63, 3.8) is 0 Å². The van der Waals surface area contributed by atoms with Gasteiger partial charge in [-0.1, -0.05) is 12.1 Å². The van der Waals surface area contributed by atoms with Crippen LogP contribution in [0.3, 0.4) is 0 Å². The normalized spacial score (nSPS) is 15.6. The van der Waals surface area contributed by atoms with Crippen LogP contribution in [-0.2, 0) is 0 Å². The maximum absolute atomic E-state index is 8.22. The van der Waals surface area contributed by atoms with E-state index in [0.29, 0.717) is 5.84 Å². The monoisotopic (exact) mass is 148 g/mol. The number of nitrogens with zero attached hydrogens (tertiary/aromatic N) is 1. The zero-order chi connectivity index (χ0) is 7.28. The second kappa shape index (κ2) is 4.49. The molecule has 3 nitrogen and oxygen atoms in total. The van der Waals surface area contributed by atoms with Crippen molar-refractivity contribution in [3.05, 3.63) is 0 Å². The Balaban J connectivity index is 3.79. The molecule has 0 saturated heterocycles. The molecule has 0 radical (unpaired) electrons. The summed E-state index contributed by atoms with van der Waals surface area (Å²) in [4.78, 5) is 0. The highest BCUT2D eigenvalue weighted by Gasteiger charge is 2.07. The van der Waals surface area contributed by atoms with Crippen molar-refractivity contribution in [1.29, 1.82) is 0 Å². The van der Waals surface area contributed by atoms with Crippen LogP contribution in [0.15, 0.2) is 5.16 Å². The molecule has 0 rings (SSSR count). The Morgan fingerprint density at radius 1 is 1.89 bits per heavy atom. The van der Waals surface area contributed by atoms with E-state index in [9.17, 15) is 0 Å². The molecule has 0 aromatic rings. The lowest BCUT2D eigenvalue weighted by Gasteiger charge is -2.07. The fourth-order valence-electron chi connectivity index (χ4n) is 0.561. The lowest BCUT2D eigenvalue weighted by atomic mass is 10.3. The molecule has 0 aliphatic carbocycles. The Morgan fingerprint density at radius 3 is 2.56 bits per heavy atom. The molecule has 0 spiro atoms. The molecule has 0 saturated carbocycles. The van der Waals surface area contributed by atoms with Gasteiger partial charge in [0.15, 0.2) is 5.84 Å². The molecule has 9 heavy (non-hydrogen) atoms. The Hall–Kier alpha value is -0.380. The van der Waals surface area contributed by atoms with Crippen molar-refractivity contribution in [2.45, 2.75) is 18.6 Å². The molecule has 0 bridgehead atoms. The standard InChI is InChI=1S/C5H12N2OS/c1-3-4(9-2)5(6)7-8/h4,8H,3H2,1-2H3,(H2,6,7). The molecule has 0 aromatic heterocycles. The third kappa shape index (κ3) is 2.60. The van der Waals surface area contributed by atoms with Crippen LogP contribution >= 0.6 is 11.8 Å². The molecule has 1 unspecified atom stereocenters. The predicted molar refractivity (Wildman–Crippen MR) is 41.0 cm³/mol. The number of oxime groups is 1. The highest BCUT2D eigenvalue weighted by atomic mass is 32.2. The summed E-state index contributed by atoms with van der Waals surface area (Å²) in [5, 5.41) is 11.3. The number of nitrogens with two attached hydrogens (primary N) is 1. The predicted octanol–water partition coefficient (Wildman–Crippen LogP) is 0.874. The molecule has 0 heterocycles. The lowest BCUT2D eigenvalue weighted by molar-refractivity contribution is 0.317. The molecule has 0 amide bonds. The highest BCUT2D eigenvalue weighted by molar-refractivity contribution is 7.99. The zero-order valence-electron chi connectivity index (χ0n) is 5.66. The third-order valence-electron chi connectivity index (χ3n) is 1.10. The van der Waals surface area contributed by atoms with E-state index in [0.717, 1.165) is 6.42 Å². The highest BCUT2D eigenvalue weighted by Crippen LogP contribution is 2.09. The van der Waals surface area contributed by atoms with E-state index in [-0.39, 0.29) is 5.25 Å². The van der Waals surface area contributed by atoms with E-state index in [1.807, 2.05) is 13.2 Å². The van der Waals surface area contributed by atoms with Crippen LogP contribution in [0.2, 0.25) is 0 Å². The van der Waals surface area contributed by atoms with Crippen molar-refractivity contribution in [1.82, 2.24) is 0 Å². The molecule has 3 N–H and O–H groups in total. The van der Waals surface area contributed by atoms with Gasteiger partial charge in [-0.15, -0.1) is 0 Å². The number of amidine groups is 1. The summed E-state index contributed by atoms with van der Waals surface area (Å²) in [6.45, 7) is 2.00.